The first kappa shape index (κ1) is 11.9. The predicted molar refractivity (Wildman–Crippen MR) is 62.0 cm³/mol. The van der Waals surface area contributed by atoms with Gasteiger partial charge in [0.05, 0.1) is 14.2 Å². The van der Waals surface area contributed by atoms with Gasteiger partial charge in [0.2, 0.25) is 0 Å². The molecule has 2 atom stereocenters. The molecule has 0 amide bonds. The topological polar surface area (TPSA) is 48.1 Å². The Morgan fingerprint density at radius 2 is 2.12 bits per heavy atom. The van der Waals surface area contributed by atoms with Gasteiger partial charge in [-0.1, -0.05) is 18.2 Å². The molecule has 1 aliphatic rings. The molecule has 1 fully saturated rings. The molecule has 0 saturated carbocycles. The number of rotatable bonds is 4. The molecule has 0 spiro atoms. The van der Waals surface area contributed by atoms with Gasteiger partial charge in [0.1, 0.15) is 11.4 Å². The third-order valence-electron chi connectivity index (χ3n) is 3.03. The van der Waals surface area contributed by atoms with E-state index in [-0.39, 0.29) is 5.97 Å². The number of para-hydroxylation sites is 1. The molecular formula is C13H16O4. The van der Waals surface area contributed by atoms with Gasteiger partial charge in [-0.05, 0) is 18.6 Å². The number of carbonyl (C=O) groups is 1. The van der Waals surface area contributed by atoms with E-state index < -0.39 is 11.7 Å². The lowest BCUT2D eigenvalue weighted by Gasteiger charge is -2.10. The summed E-state index contributed by atoms with van der Waals surface area (Å²) in [6.45, 7) is 1.90. The minimum atomic E-state index is -0.471. The minimum Gasteiger partial charge on any atom is -0.496 e. The van der Waals surface area contributed by atoms with Gasteiger partial charge in [0.25, 0.3) is 0 Å². The van der Waals surface area contributed by atoms with Crippen LogP contribution in [-0.4, -0.2) is 31.9 Å². The van der Waals surface area contributed by atoms with Crippen LogP contribution in [0.1, 0.15) is 12.5 Å². The van der Waals surface area contributed by atoms with Gasteiger partial charge >= 0.3 is 5.97 Å². The van der Waals surface area contributed by atoms with Crippen molar-refractivity contribution in [2.75, 3.05) is 14.2 Å². The summed E-state index contributed by atoms with van der Waals surface area (Å²) < 4.78 is 15.4. The van der Waals surface area contributed by atoms with Gasteiger partial charge in [0.15, 0.2) is 6.10 Å². The van der Waals surface area contributed by atoms with E-state index in [4.69, 9.17) is 9.47 Å². The summed E-state index contributed by atoms with van der Waals surface area (Å²) >= 11 is 0. The SMILES string of the molecule is COC(=O)C1OC1(C)Cc1ccccc1OC. The highest BCUT2D eigenvalue weighted by atomic mass is 16.6. The van der Waals surface area contributed by atoms with Crippen LogP contribution < -0.4 is 4.74 Å². The van der Waals surface area contributed by atoms with Crippen LogP contribution >= 0.6 is 0 Å². The van der Waals surface area contributed by atoms with Crippen molar-refractivity contribution >= 4 is 5.97 Å². The highest BCUT2D eigenvalue weighted by Crippen LogP contribution is 2.41. The summed E-state index contributed by atoms with van der Waals surface area (Å²) in [5, 5.41) is 0. The lowest BCUT2D eigenvalue weighted by atomic mass is 9.97. The number of epoxide rings is 1. The normalized spacial score (nSPS) is 26.4. The van der Waals surface area contributed by atoms with Gasteiger partial charge in [-0.25, -0.2) is 4.79 Å². The zero-order chi connectivity index (χ0) is 12.5. The van der Waals surface area contributed by atoms with Crippen LogP contribution in [0.4, 0.5) is 0 Å². The van der Waals surface area contributed by atoms with Gasteiger partial charge in [-0.3, -0.25) is 0 Å². The van der Waals surface area contributed by atoms with Crippen molar-refractivity contribution in [3.8, 4) is 5.75 Å². The van der Waals surface area contributed by atoms with E-state index in [1.165, 1.54) is 7.11 Å². The van der Waals surface area contributed by atoms with E-state index in [0.29, 0.717) is 6.42 Å². The molecule has 2 unspecified atom stereocenters. The summed E-state index contributed by atoms with van der Waals surface area (Å²) in [6.07, 6.45) is 0.175. The average Bonchev–Trinajstić information content (AvgIpc) is 3.01. The van der Waals surface area contributed by atoms with Gasteiger partial charge in [-0.15, -0.1) is 0 Å². The number of carbonyl (C=O) groups excluding carboxylic acids is 1. The molecule has 1 saturated heterocycles. The molecule has 0 radical (unpaired) electrons. The molecule has 1 heterocycles. The van der Waals surface area contributed by atoms with Crippen molar-refractivity contribution in [2.45, 2.75) is 25.0 Å². The molecule has 0 bridgehead atoms. The van der Waals surface area contributed by atoms with Crippen LogP contribution in [0.2, 0.25) is 0 Å². The highest BCUT2D eigenvalue weighted by Gasteiger charge is 2.57. The minimum absolute atomic E-state index is 0.317. The Hall–Kier alpha value is -1.55. The van der Waals surface area contributed by atoms with Crippen molar-refractivity contribution in [3.63, 3.8) is 0 Å². The second-order valence-electron chi connectivity index (χ2n) is 4.32. The van der Waals surface area contributed by atoms with Crippen LogP contribution in [0.15, 0.2) is 24.3 Å². The number of hydrogen-bond acceptors (Lipinski definition) is 4. The molecular weight excluding hydrogens is 220 g/mol. The zero-order valence-electron chi connectivity index (χ0n) is 10.2. The predicted octanol–water partition coefficient (Wildman–Crippen LogP) is 1.57. The number of methoxy groups -OCH3 is 2. The van der Waals surface area contributed by atoms with Crippen LogP contribution in [-0.2, 0) is 20.7 Å². The summed E-state index contributed by atoms with van der Waals surface area (Å²) in [6, 6.07) is 7.72. The molecule has 1 aromatic carbocycles. The maximum absolute atomic E-state index is 11.4. The Bertz CT molecular complexity index is 429. The van der Waals surface area contributed by atoms with Gasteiger partial charge in [0, 0.05) is 6.42 Å². The average molecular weight is 236 g/mol. The molecule has 0 aromatic heterocycles. The molecule has 0 aliphatic carbocycles. The van der Waals surface area contributed by atoms with E-state index in [1.807, 2.05) is 31.2 Å². The molecule has 17 heavy (non-hydrogen) atoms. The maximum Gasteiger partial charge on any atom is 0.338 e. The van der Waals surface area contributed by atoms with E-state index >= 15 is 0 Å². The van der Waals surface area contributed by atoms with Gasteiger partial charge < -0.3 is 14.2 Å². The Labute approximate surface area is 100 Å². The number of benzene rings is 1. The second kappa shape index (κ2) is 4.37. The Morgan fingerprint density at radius 1 is 1.41 bits per heavy atom. The smallest absolute Gasteiger partial charge is 0.338 e. The maximum atomic E-state index is 11.4. The first-order valence-corrected chi connectivity index (χ1v) is 5.48. The Kier molecular flexibility index (Phi) is 3.07. The number of hydrogen-bond donors (Lipinski definition) is 0. The third-order valence-corrected chi connectivity index (χ3v) is 3.03. The molecule has 2 rings (SSSR count). The Balaban J connectivity index is 2.10. The fourth-order valence-corrected chi connectivity index (χ4v) is 2.00. The molecule has 92 valence electrons. The second-order valence-corrected chi connectivity index (χ2v) is 4.32. The number of esters is 1. The Morgan fingerprint density at radius 3 is 2.76 bits per heavy atom. The monoisotopic (exact) mass is 236 g/mol. The van der Waals surface area contributed by atoms with E-state index in [0.717, 1.165) is 11.3 Å². The molecule has 1 aromatic rings. The fourth-order valence-electron chi connectivity index (χ4n) is 2.00. The van der Waals surface area contributed by atoms with Crippen molar-refractivity contribution < 1.29 is 19.0 Å². The van der Waals surface area contributed by atoms with Crippen molar-refractivity contribution in [1.82, 2.24) is 0 Å². The highest BCUT2D eigenvalue weighted by molar-refractivity contribution is 5.79. The largest absolute Gasteiger partial charge is 0.496 e. The lowest BCUT2D eigenvalue weighted by molar-refractivity contribution is -0.142. The van der Waals surface area contributed by atoms with Crippen molar-refractivity contribution in [3.05, 3.63) is 29.8 Å². The van der Waals surface area contributed by atoms with Crippen molar-refractivity contribution in [2.24, 2.45) is 0 Å². The van der Waals surface area contributed by atoms with E-state index in [9.17, 15) is 4.79 Å². The standard InChI is InChI=1S/C13H16O4/c1-13(11(17-13)12(14)16-3)8-9-6-4-5-7-10(9)15-2/h4-7,11H,8H2,1-3H3. The number of ether oxygens (including phenoxy) is 3. The fraction of sp³-hybridized carbons (Fsp3) is 0.462. The van der Waals surface area contributed by atoms with E-state index in [1.54, 1.807) is 7.11 Å². The van der Waals surface area contributed by atoms with Gasteiger partial charge in [-0.2, -0.15) is 0 Å². The summed E-state index contributed by atoms with van der Waals surface area (Å²) in [5.74, 6) is 0.496. The molecule has 0 N–H and O–H groups in total. The quantitative estimate of drug-likeness (QED) is 0.588. The first-order valence-electron chi connectivity index (χ1n) is 5.48. The molecule has 4 nitrogen and oxygen atoms in total. The van der Waals surface area contributed by atoms with Crippen LogP contribution in [0.3, 0.4) is 0 Å². The van der Waals surface area contributed by atoms with E-state index in [2.05, 4.69) is 4.74 Å². The van der Waals surface area contributed by atoms with Crippen LogP contribution in [0.5, 0.6) is 5.75 Å². The molecule has 4 heteroatoms. The van der Waals surface area contributed by atoms with Crippen molar-refractivity contribution in [1.29, 1.82) is 0 Å². The third kappa shape index (κ3) is 2.26. The van der Waals surface area contributed by atoms with Crippen LogP contribution in [0.25, 0.3) is 0 Å². The summed E-state index contributed by atoms with van der Waals surface area (Å²) in [5.41, 5.74) is 0.561. The zero-order valence-corrected chi connectivity index (χ0v) is 10.2. The lowest BCUT2D eigenvalue weighted by Crippen LogP contribution is -2.21. The summed E-state index contributed by atoms with van der Waals surface area (Å²) in [7, 11) is 3.00. The summed E-state index contributed by atoms with van der Waals surface area (Å²) in [4.78, 5) is 11.4. The van der Waals surface area contributed by atoms with Crippen LogP contribution in [0, 0.1) is 0 Å². The molecule has 1 aliphatic heterocycles. The first-order chi connectivity index (χ1) is 8.10.